The molecule has 1 N–H and O–H groups in total. The first kappa shape index (κ1) is 24.5. The molecule has 2 aromatic rings. The molecule has 3 aliphatic rings. The highest BCUT2D eigenvalue weighted by molar-refractivity contribution is 5.45. The summed E-state index contributed by atoms with van der Waals surface area (Å²) >= 11 is 0. The van der Waals surface area contributed by atoms with Crippen molar-refractivity contribution >= 4 is 5.69 Å². The predicted octanol–water partition coefficient (Wildman–Crippen LogP) is 4.46. The number of hydrogen-bond acceptors (Lipinski definition) is 6. The van der Waals surface area contributed by atoms with Crippen molar-refractivity contribution in [1.29, 1.82) is 0 Å². The maximum absolute atomic E-state index is 13.0. The van der Waals surface area contributed by atoms with Gasteiger partial charge in [0.2, 0.25) is 5.82 Å². The fraction of sp³-hybridized carbons (Fsp3) is 0.615. The largest absolute Gasteiger partial charge is 0.451 e. The first-order valence-corrected chi connectivity index (χ1v) is 12.5. The van der Waals surface area contributed by atoms with Crippen LogP contribution in [0.5, 0.6) is 0 Å². The molecule has 1 aromatic heterocycles. The van der Waals surface area contributed by atoms with Gasteiger partial charge in [-0.05, 0) is 64.1 Å². The van der Waals surface area contributed by atoms with Crippen LogP contribution in [0.4, 0.5) is 18.9 Å². The van der Waals surface area contributed by atoms with E-state index in [1.807, 2.05) is 6.07 Å². The summed E-state index contributed by atoms with van der Waals surface area (Å²) in [5.41, 5.74) is 1.40. The van der Waals surface area contributed by atoms with Crippen LogP contribution in [-0.4, -0.2) is 63.9 Å². The van der Waals surface area contributed by atoms with Crippen LogP contribution in [0.15, 0.2) is 42.7 Å². The monoisotopic (exact) mass is 489 g/mol. The average Bonchev–Trinajstić information content (AvgIpc) is 3.08. The summed E-state index contributed by atoms with van der Waals surface area (Å²) in [7, 11) is 4.26. The number of aliphatic hydroxyl groups is 1. The van der Waals surface area contributed by atoms with E-state index in [9.17, 15) is 18.3 Å². The lowest BCUT2D eigenvalue weighted by Crippen LogP contribution is -2.57. The summed E-state index contributed by atoms with van der Waals surface area (Å²) in [6, 6.07) is 10.6. The molecule has 1 aromatic carbocycles. The average molecular weight is 490 g/mol. The molecule has 1 saturated heterocycles. The third-order valence-corrected chi connectivity index (χ3v) is 8.71. The lowest BCUT2D eigenvalue weighted by Gasteiger charge is -2.52. The smallest absolute Gasteiger partial charge is 0.361 e. The van der Waals surface area contributed by atoms with Gasteiger partial charge in [0.25, 0.3) is 0 Å². The standard InChI is InChI=1S/C26H34F3N5O/c1-32(2)25(20-9-4-3-5-10-20)13-11-24(12-14-25)18-33(23(35)34(24)17-19-7-6-8-19)21-15-30-22(31-16-21)26(27,28)29/h3-5,9-10,15-16,19,23,35H,6-8,11-14,17-18H2,1-2H3. The first-order valence-electron chi connectivity index (χ1n) is 12.5. The second-order valence-corrected chi connectivity index (χ2v) is 10.7. The predicted molar refractivity (Wildman–Crippen MR) is 127 cm³/mol. The molecule has 0 amide bonds. The van der Waals surface area contributed by atoms with E-state index in [2.05, 4.69) is 58.1 Å². The van der Waals surface area contributed by atoms with Crippen molar-refractivity contribution in [3.8, 4) is 0 Å². The van der Waals surface area contributed by atoms with E-state index in [0.717, 1.165) is 45.1 Å². The van der Waals surface area contributed by atoms with Crippen LogP contribution in [0, 0.1) is 5.92 Å². The third-order valence-electron chi connectivity index (χ3n) is 8.71. The van der Waals surface area contributed by atoms with Gasteiger partial charge in [0.15, 0.2) is 6.35 Å². The molecular weight excluding hydrogens is 455 g/mol. The van der Waals surface area contributed by atoms with Gasteiger partial charge >= 0.3 is 6.18 Å². The number of hydrogen-bond donors (Lipinski definition) is 1. The van der Waals surface area contributed by atoms with E-state index in [0.29, 0.717) is 18.2 Å². The number of rotatable bonds is 5. The van der Waals surface area contributed by atoms with Gasteiger partial charge in [-0.1, -0.05) is 36.8 Å². The molecule has 6 nitrogen and oxygen atoms in total. The highest BCUT2D eigenvalue weighted by Crippen LogP contribution is 2.50. The number of halogens is 3. The van der Waals surface area contributed by atoms with Gasteiger partial charge < -0.3 is 10.0 Å². The van der Waals surface area contributed by atoms with Crippen LogP contribution < -0.4 is 4.90 Å². The van der Waals surface area contributed by atoms with Crippen molar-refractivity contribution < 1.29 is 18.3 Å². The number of alkyl halides is 3. The summed E-state index contributed by atoms with van der Waals surface area (Å²) in [4.78, 5) is 13.4. The molecule has 0 bridgehead atoms. The molecule has 5 rings (SSSR count). The minimum absolute atomic E-state index is 0.0789. The minimum Gasteiger partial charge on any atom is -0.361 e. The lowest BCUT2D eigenvalue weighted by molar-refractivity contribution is -0.144. The van der Waals surface area contributed by atoms with Gasteiger partial charge in [-0.25, -0.2) is 9.97 Å². The van der Waals surface area contributed by atoms with Crippen molar-refractivity contribution in [2.75, 3.05) is 32.1 Å². The fourth-order valence-corrected chi connectivity index (χ4v) is 6.30. The molecule has 1 atom stereocenters. The van der Waals surface area contributed by atoms with Crippen LogP contribution in [0.25, 0.3) is 0 Å². The van der Waals surface area contributed by atoms with Gasteiger partial charge in [0.1, 0.15) is 0 Å². The summed E-state index contributed by atoms with van der Waals surface area (Å²) in [5, 5.41) is 11.4. The lowest BCUT2D eigenvalue weighted by atomic mass is 9.68. The zero-order valence-electron chi connectivity index (χ0n) is 20.4. The second-order valence-electron chi connectivity index (χ2n) is 10.7. The van der Waals surface area contributed by atoms with Crippen molar-refractivity contribution in [3.63, 3.8) is 0 Å². The Hall–Kier alpha value is -2.23. The highest BCUT2D eigenvalue weighted by atomic mass is 19.4. The van der Waals surface area contributed by atoms with Crippen molar-refractivity contribution in [1.82, 2.24) is 19.8 Å². The van der Waals surface area contributed by atoms with Crippen LogP contribution >= 0.6 is 0 Å². The molecule has 2 heterocycles. The maximum Gasteiger partial charge on any atom is 0.451 e. The Morgan fingerprint density at radius 3 is 2.17 bits per heavy atom. The molecule has 9 heteroatoms. The second kappa shape index (κ2) is 9.01. The van der Waals surface area contributed by atoms with Crippen molar-refractivity contribution in [2.24, 2.45) is 5.92 Å². The van der Waals surface area contributed by atoms with E-state index < -0.39 is 18.4 Å². The van der Waals surface area contributed by atoms with Crippen molar-refractivity contribution in [2.45, 2.75) is 68.6 Å². The molecule has 190 valence electrons. The third kappa shape index (κ3) is 4.32. The van der Waals surface area contributed by atoms with Crippen LogP contribution in [0.3, 0.4) is 0 Å². The Morgan fingerprint density at radius 2 is 1.66 bits per heavy atom. The molecular formula is C26H34F3N5O. The molecule has 0 radical (unpaired) electrons. The summed E-state index contributed by atoms with van der Waals surface area (Å²) in [5.74, 6) is -0.604. The normalized spacial score (nSPS) is 30.3. The van der Waals surface area contributed by atoms with Crippen LogP contribution in [0.2, 0.25) is 0 Å². The first-order chi connectivity index (χ1) is 16.6. The number of aromatic nitrogens is 2. The Bertz CT molecular complexity index is 1000. The number of nitrogens with zero attached hydrogens (tertiary/aromatic N) is 5. The number of anilines is 1. The topological polar surface area (TPSA) is 55.7 Å². The van der Waals surface area contributed by atoms with E-state index in [4.69, 9.17) is 0 Å². The van der Waals surface area contributed by atoms with Gasteiger partial charge in [0.05, 0.1) is 18.1 Å². The SMILES string of the molecule is CN(C)C1(c2ccccc2)CCC2(CC1)CN(c1cnc(C(F)(F)F)nc1)C(O)N2CC1CCC1. The quantitative estimate of drug-likeness (QED) is 0.669. The van der Waals surface area contributed by atoms with Crippen LogP contribution in [0.1, 0.15) is 56.3 Å². The summed E-state index contributed by atoms with van der Waals surface area (Å²) < 4.78 is 39.0. The summed E-state index contributed by atoms with van der Waals surface area (Å²) in [6.07, 6.45) is 4.09. The van der Waals surface area contributed by atoms with Gasteiger partial charge in [-0.2, -0.15) is 13.2 Å². The summed E-state index contributed by atoms with van der Waals surface area (Å²) in [6.45, 7) is 1.35. The Balaban J connectivity index is 1.43. The Kier molecular flexibility index (Phi) is 6.30. The molecule has 2 saturated carbocycles. The molecule has 1 aliphatic heterocycles. The number of benzene rings is 1. The number of aliphatic hydroxyl groups excluding tert-OH is 1. The van der Waals surface area contributed by atoms with E-state index >= 15 is 0 Å². The molecule has 2 aliphatic carbocycles. The van der Waals surface area contributed by atoms with E-state index in [-0.39, 0.29) is 11.1 Å². The van der Waals surface area contributed by atoms with Crippen LogP contribution in [-0.2, 0) is 11.7 Å². The zero-order chi connectivity index (χ0) is 24.8. The van der Waals surface area contributed by atoms with E-state index in [1.165, 1.54) is 24.4 Å². The van der Waals surface area contributed by atoms with Gasteiger partial charge in [0, 0.05) is 24.2 Å². The van der Waals surface area contributed by atoms with Crippen molar-refractivity contribution in [3.05, 3.63) is 54.1 Å². The Labute approximate surface area is 204 Å². The molecule has 1 unspecified atom stereocenters. The van der Waals surface area contributed by atoms with E-state index in [1.54, 1.807) is 4.90 Å². The molecule has 35 heavy (non-hydrogen) atoms. The fourth-order valence-electron chi connectivity index (χ4n) is 6.30. The maximum atomic E-state index is 13.0. The molecule has 1 spiro atoms. The zero-order valence-corrected chi connectivity index (χ0v) is 20.4. The molecule has 3 fully saturated rings. The van der Waals surface area contributed by atoms with Gasteiger partial charge in [-0.15, -0.1) is 0 Å². The highest BCUT2D eigenvalue weighted by Gasteiger charge is 2.55. The minimum atomic E-state index is -4.59. The Morgan fingerprint density at radius 1 is 1.03 bits per heavy atom. The van der Waals surface area contributed by atoms with Gasteiger partial charge in [-0.3, -0.25) is 9.80 Å².